The SMILES string of the molecule is FC1(F)CC(CNC2C=CCCC2)C1. The summed E-state index contributed by atoms with van der Waals surface area (Å²) in [5.41, 5.74) is 0. The van der Waals surface area contributed by atoms with Gasteiger partial charge in [-0.15, -0.1) is 0 Å². The van der Waals surface area contributed by atoms with Gasteiger partial charge in [-0.2, -0.15) is 0 Å². The number of hydrogen-bond acceptors (Lipinski definition) is 1. The lowest BCUT2D eigenvalue weighted by Crippen LogP contribution is -2.43. The van der Waals surface area contributed by atoms with Crippen LogP contribution in [0.4, 0.5) is 8.78 Å². The highest BCUT2D eigenvalue weighted by molar-refractivity contribution is 4.98. The first-order valence-electron chi connectivity index (χ1n) is 5.44. The van der Waals surface area contributed by atoms with Gasteiger partial charge in [-0.3, -0.25) is 0 Å². The Morgan fingerprint density at radius 3 is 2.71 bits per heavy atom. The van der Waals surface area contributed by atoms with Crippen LogP contribution in [-0.2, 0) is 0 Å². The summed E-state index contributed by atoms with van der Waals surface area (Å²) >= 11 is 0. The van der Waals surface area contributed by atoms with E-state index in [1.54, 1.807) is 0 Å². The second-order valence-electron chi connectivity index (χ2n) is 4.50. The van der Waals surface area contributed by atoms with Crippen molar-refractivity contribution >= 4 is 0 Å². The molecule has 1 unspecified atom stereocenters. The second kappa shape index (κ2) is 3.97. The van der Waals surface area contributed by atoms with Crippen molar-refractivity contribution in [3.63, 3.8) is 0 Å². The molecule has 14 heavy (non-hydrogen) atoms. The molecule has 2 aliphatic carbocycles. The van der Waals surface area contributed by atoms with E-state index in [1.807, 2.05) is 0 Å². The smallest absolute Gasteiger partial charge is 0.248 e. The molecule has 0 aromatic heterocycles. The molecule has 80 valence electrons. The molecule has 0 heterocycles. The first-order chi connectivity index (χ1) is 6.66. The highest BCUT2D eigenvalue weighted by atomic mass is 19.3. The first kappa shape index (κ1) is 10.1. The summed E-state index contributed by atoms with van der Waals surface area (Å²) in [5, 5.41) is 3.34. The summed E-state index contributed by atoms with van der Waals surface area (Å²) in [4.78, 5) is 0. The number of allylic oxidation sites excluding steroid dienone is 1. The van der Waals surface area contributed by atoms with Crippen molar-refractivity contribution in [1.82, 2.24) is 5.32 Å². The molecule has 1 fully saturated rings. The fourth-order valence-corrected chi connectivity index (χ4v) is 2.23. The minimum Gasteiger partial charge on any atom is -0.310 e. The normalized spacial score (nSPS) is 31.4. The van der Waals surface area contributed by atoms with Gasteiger partial charge in [-0.05, 0) is 31.7 Å². The van der Waals surface area contributed by atoms with Crippen LogP contribution in [0.2, 0.25) is 0 Å². The Bertz CT molecular complexity index is 217. The van der Waals surface area contributed by atoms with Crippen LogP contribution in [0, 0.1) is 5.92 Å². The zero-order chi connectivity index (χ0) is 10.0. The maximum absolute atomic E-state index is 12.5. The van der Waals surface area contributed by atoms with Crippen LogP contribution in [0.15, 0.2) is 12.2 Å². The molecule has 0 spiro atoms. The van der Waals surface area contributed by atoms with Crippen molar-refractivity contribution in [3.8, 4) is 0 Å². The molecule has 0 radical (unpaired) electrons. The van der Waals surface area contributed by atoms with Crippen LogP contribution in [0.5, 0.6) is 0 Å². The molecule has 1 atom stereocenters. The fourth-order valence-electron chi connectivity index (χ4n) is 2.23. The molecule has 0 amide bonds. The lowest BCUT2D eigenvalue weighted by molar-refractivity contribution is -0.109. The van der Waals surface area contributed by atoms with Gasteiger partial charge in [0, 0.05) is 18.9 Å². The standard InChI is InChI=1S/C11H17F2N/c12-11(13)6-9(7-11)8-14-10-4-2-1-3-5-10/h2,4,9-10,14H,1,3,5-8H2. The van der Waals surface area contributed by atoms with Crippen molar-refractivity contribution < 1.29 is 8.78 Å². The summed E-state index contributed by atoms with van der Waals surface area (Å²) in [5.74, 6) is -2.17. The predicted octanol–water partition coefficient (Wildman–Crippen LogP) is 2.73. The van der Waals surface area contributed by atoms with Crippen LogP contribution in [0.3, 0.4) is 0 Å². The number of nitrogens with one attached hydrogen (secondary N) is 1. The molecule has 0 aliphatic heterocycles. The van der Waals surface area contributed by atoms with Crippen LogP contribution >= 0.6 is 0 Å². The van der Waals surface area contributed by atoms with E-state index in [1.165, 1.54) is 12.8 Å². The lowest BCUT2D eigenvalue weighted by atomic mass is 9.81. The van der Waals surface area contributed by atoms with E-state index in [-0.39, 0.29) is 18.8 Å². The van der Waals surface area contributed by atoms with E-state index >= 15 is 0 Å². The Kier molecular flexibility index (Phi) is 2.86. The predicted molar refractivity (Wildman–Crippen MR) is 52.5 cm³/mol. The van der Waals surface area contributed by atoms with E-state index < -0.39 is 5.92 Å². The van der Waals surface area contributed by atoms with E-state index in [4.69, 9.17) is 0 Å². The van der Waals surface area contributed by atoms with Crippen LogP contribution in [0.25, 0.3) is 0 Å². The second-order valence-corrected chi connectivity index (χ2v) is 4.50. The average Bonchev–Trinajstić information content (AvgIpc) is 2.13. The van der Waals surface area contributed by atoms with Crippen molar-refractivity contribution in [2.75, 3.05) is 6.54 Å². The zero-order valence-corrected chi connectivity index (χ0v) is 8.31. The molecular formula is C11H17F2N. The fraction of sp³-hybridized carbons (Fsp3) is 0.818. The summed E-state index contributed by atoms with van der Waals surface area (Å²) < 4.78 is 25.0. The van der Waals surface area contributed by atoms with Gasteiger partial charge in [0.25, 0.3) is 0 Å². The molecule has 3 heteroatoms. The molecule has 0 bridgehead atoms. The molecule has 0 saturated heterocycles. The largest absolute Gasteiger partial charge is 0.310 e. The minimum atomic E-state index is -2.37. The Morgan fingerprint density at radius 1 is 1.36 bits per heavy atom. The Morgan fingerprint density at radius 2 is 2.14 bits per heavy atom. The van der Waals surface area contributed by atoms with Gasteiger partial charge in [0.2, 0.25) is 5.92 Å². The van der Waals surface area contributed by atoms with Crippen molar-refractivity contribution in [2.45, 2.75) is 44.1 Å². The van der Waals surface area contributed by atoms with E-state index in [0.717, 1.165) is 13.0 Å². The van der Waals surface area contributed by atoms with Gasteiger partial charge < -0.3 is 5.32 Å². The molecule has 2 rings (SSSR count). The van der Waals surface area contributed by atoms with Gasteiger partial charge in [-0.25, -0.2) is 8.78 Å². The molecule has 0 aromatic rings. The summed E-state index contributed by atoms with van der Waals surface area (Å²) in [6.07, 6.45) is 8.04. The highest BCUT2D eigenvalue weighted by Crippen LogP contribution is 2.41. The number of halogens is 2. The van der Waals surface area contributed by atoms with Crippen LogP contribution in [0.1, 0.15) is 32.1 Å². The van der Waals surface area contributed by atoms with Gasteiger partial charge in [0.05, 0.1) is 0 Å². The number of hydrogen-bond donors (Lipinski definition) is 1. The average molecular weight is 201 g/mol. The molecular weight excluding hydrogens is 184 g/mol. The highest BCUT2D eigenvalue weighted by Gasteiger charge is 2.44. The van der Waals surface area contributed by atoms with Gasteiger partial charge in [0.15, 0.2) is 0 Å². The maximum Gasteiger partial charge on any atom is 0.248 e. The van der Waals surface area contributed by atoms with Crippen LogP contribution < -0.4 is 5.32 Å². The summed E-state index contributed by atoms with van der Waals surface area (Å²) in [7, 11) is 0. The molecule has 1 N–H and O–H groups in total. The third-order valence-corrected chi connectivity index (χ3v) is 3.10. The lowest BCUT2D eigenvalue weighted by Gasteiger charge is -2.36. The topological polar surface area (TPSA) is 12.0 Å². The van der Waals surface area contributed by atoms with Crippen molar-refractivity contribution in [3.05, 3.63) is 12.2 Å². The van der Waals surface area contributed by atoms with Gasteiger partial charge >= 0.3 is 0 Å². The minimum absolute atomic E-state index is 0.0798. The van der Waals surface area contributed by atoms with Gasteiger partial charge in [0.1, 0.15) is 0 Å². The number of alkyl halides is 2. The molecule has 1 nitrogen and oxygen atoms in total. The Labute approximate surface area is 83.6 Å². The quantitative estimate of drug-likeness (QED) is 0.692. The van der Waals surface area contributed by atoms with Crippen LogP contribution in [-0.4, -0.2) is 18.5 Å². The molecule has 1 saturated carbocycles. The summed E-state index contributed by atoms with van der Waals surface area (Å²) in [6.45, 7) is 0.755. The van der Waals surface area contributed by atoms with E-state index in [9.17, 15) is 8.78 Å². The Balaban J connectivity index is 1.64. The third kappa shape index (κ3) is 2.53. The van der Waals surface area contributed by atoms with E-state index in [2.05, 4.69) is 17.5 Å². The monoisotopic (exact) mass is 201 g/mol. The Hall–Kier alpha value is -0.440. The van der Waals surface area contributed by atoms with E-state index in [0.29, 0.717) is 6.04 Å². The molecule has 0 aromatic carbocycles. The van der Waals surface area contributed by atoms with Crippen molar-refractivity contribution in [1.29, 1.82) is 0 Å². The number of rotatable bonds is 3. The molecule has 2 aliphatic rings. The summed E-state index contributed by atoms with van der Waals surface area (Å²) in [6, 6.07) is 0.429. The van der Waals surface area contributed by atoms with Gasteiger partial charge in [-0.1, -0.05) is 12.2 Å². The maximum atomic E-state index is 12.5. The van der Waals surface area contributed by atoms with Crippen molar-refractivity contribution in [2.24, 2.45) is 5.92 Å². The third-order valence-electron chi connectivity index (χ3n) is 3.10. The zero-order valence-electron chi connectivity index (χ0n) is 8.31. The first-order valence-corrected chi connectivity index (χ1v) is 5.44.